The van der Waals surface area contributed by atoms with Crippen molar-refractivity contribution in [1.82, 2.24) is 0 Å². The fourth-order valence-electron chi connectivity index (χ4n) is 1.79. The third kappa shape index (κ3) is 3.63. The van der Waals surface area contributed by atoms with Crippen LogP contribution in [0.5, 0.6) is 5.75 Å². The summed E-state index contributed by atoms with van der Waals surface area (Å²) in [7, 11) is 0. The summed E-state index contributed by atoms with van der Waals surface area (Å²) in [5.74, 6) is 0.743. The minimum Gasteiger partial charge on any atom is -0.489 e. The Bertz CT molecular complexity index is 535. The lowest BCUT2D eigenvalue weighted by atomic mass is 10.1. The highest BCUT2D eigenvalue weighted by atomic mass is 35.5. The Morgan fingerprint density at radius 2 is 1.63 bits per heavy atom. The quantitative estimate of drug-likeness (QED) is 0.900. The van der Waals surface area contributed by atoms with Crippen molar-refractivity contribution < 1.29 is 9.84 Å². The SMILES string of the molecule is OCCc1ccccc1OCc1c(Cl)cccc1Cl. The van der Waals surface area contributed by atoms with Crippen molar-refractivity contribution in [3.63, 3.8) is 0 Å². The summed E-state index contributed by atoms with van der Waals surface area (Å²) < 4.78 is 5.76. The highest BCUT2D eigenvalue weighted by molar-refractivity contribution is 6.35. The van der Waals surface area contributed by atoms with Gasteiger partial charge in [0.25, 0.3) is 0 Å². The van der Waals surface area contributed by atoms with E-state index in [-0.39, 0.29) is 6.61 Å². The molecule has 0 unspecified atom stereocenters. The first-order chi connectivity index (χ1) is 9.22. The standard InChI is InChI=1S/C15H14Cl2O2/c16-13-5-3-6-14(17)12(13)10-19-15-7-2-1-4-11(15)8-9-18/h1-7,18H,8-10H2. The van der Waals surface area contributed by atoms with E-state index in [0.29, 0.717) is 23.1 Å². The maximum atomic E-state index is 9.02. The van der Waals surface area contributed by atoms with Crippen LogP contribution in [0.25, 0.3) is 0 Å². The zero-order chi connectivity index (χ0) is 13.7. The average molecular weight is 297 g/mol. The van der Waals surface area contributed by atoms with E-state index < -0.39 is 0 Å². The molecular formula is C15H14Cl2O2. The first kappa shape index (κ1) is 14.2. The van der Waals surface area contributed by atoms with E-state index in [2.05, 4.69) is 0 Å². The normalized spacial score (nSPS) is 10.5. The van der Waals surface area contributed by atoms with E-state index in [1.807, 2.05) is 24.3 Å². The monoisotopic (exact) mass is 296 g/mol. The largest absolute Gasteiger partial charge is 0.489 e. The van der Waals surface area contributed by atoms with Crippen LogP contribution in [0.2, 0.25) is 10.0 Å². The number of hydrogen-bond donors (Lipinski definition) is 1. The molecule has 0 fully saturated rings. The minimum atomic E-state index is 0.0905. The number of aliphatic hydroxyl groups excluding tert-OH is 1. The van der Waals surface area contributed by atoms with Crippen molar-refractivity contribution in [1.29, 1.82) is 0 Å². The van der Waals surface area contributed by atoms with E-state index in [9.17, 15) is 0 Å². The summed E-state index contributed by atoms with van der Waals surface area (Å²) in [4.78, 5) is 0. The number of benzene rings is 2. The Labute approximate surface area is 122 Å². The van der Waals surface area contributed by atoms with Crippen molar-refractivity contribution in [3.05, 3.63) is 63.6 Å². The predicted octanol–water partition coefficient (Wildman–Crippen LogP) is 4.11. The highest BCUT2D eigenvalue weighted by Crippen LogP contribution is 2.27. The van der Waals surface area contributed by atoms with Crippen molar-refractivity contribution in [2.75, 3.05) is 6.61 Å². The summed E-state index contributed by atoms with van der Waals surface area (Å²) in [6, 6.07) is 13.0. The van der Waals surface area contributed by atoms with E-state index in [1.54, 1.807) is 18.2 Å². The number of para-hydroxylation sites is 1. The number of hydrogen-bond acceptors (Lipinski definition) is 2. The Kier molecular flexibility index (Phi) is 5.08. The second-order valence-corrected chi connectivity index (χ2v) is 4.88. The van der Waals surface area contributed by atoms with Crippen molar-refractivity contribution >= 4 is 23.2 Å². The van der Waals surface area contributed by atoms with Crippen LogP contribution in [0.1, 0.15) is 11.1 Å². The smallest absolute Gasteiger partial charge is 0.123 e. The van der Waals surface area contributed by atoms with Crippen LogP contribution < -0.4 is 4.74 Å². The lowest BCUT2D eigenvalue weighted by Crippen LogP contribution is -2.01. The summed E-state index contributed by atoms with van der Waals surface area (Å²) in [5.41, 5.74) is 1.73. The van der Waals surface area contributed by atoms with Crippen LogP contribution in [-0.4, -0.2) is 11.7 Å². The van der Waals surface area contributed by atoms with E-state index in [4.69, 9.17) is 33.0 Å². The maximum absolute atomic E-state index is 9.02. The van der Waals surface area contributed by atoms with Crippen LogP contribution in [0.4, 0.5) is 0 Å². The van der Waals surface area contributed by atoms with Gasteiger partial charge in [-0.05, 0) is 30.2 Å². The molecule has 19 heavy (non-hydrogen) atoms. The van der Waals surface area contributed by atoms with Gasteiger partial charge in [-0.3, -0.25) is 0 Å². The topological polar surface area (TPSA) is 29.5 Å². The fraction of sp³-hybridized carbons (Fsp3) is 0.200. The predicted molar refractivity (Wildman–Crippen MR) is 78.0 cm³/mol. The molecule has 0 aliphatic heterocycles. The first-order valence-corrected chi connectivity index (χ1v) is 6.72. The minimum absolute atomic E-state index is 0.0905. The summed E-state index contributed by atoms with van der Waals surface area (Å²) in [6.45, 7) is 0.397. The summed E-state index contributed by atoms with van der Waals surface area (Å²) in [6.07, 6.45) is 0.562. The molecule has 0 saturated heterocycles. The van der Waals surface area contributed by atoms with Gasteiger partial charge in [0.15, 0.2) is 0 Å². The molecule has 0 aromatic heterocycles. The van der Waals surface area contributed by atoms with Gasteiger partial charge in [0.1, 0.15) is 12.4 Å². The number of ether oxygens (including phenoxy) is 1. The van der Waals surface area contributed by atoms with Crippen molar-refractivity contribution in [3.8, 4) is 5.75 Å². The van der Waals surface area contributed by atoms with Gasteiger partial charge in [0.2, 0.25) is 0 Å². The van der Waals surface area contributed by atoms with Crippen LogP contribution in [0.3, 0.4) is 0 Å². The van der Waals surface area contributed by atoms with E-state index in [1.165, 1.54) is 0 Å². The van der Waals surface area contributed by atoms with Gasteiger partial charge >= 0.3 is 0 Å². The molecule has 1 N–H and O–H groups in total. The van der Waals surface area contributed by atoms with Gasteiger partial charge in [0, 0.05) is 22.2 Å². The molecule has 0 bridgehead atoms. The van der Waals surface area contributed by atoms with Gasteiger partial charge < -0.3 is 9.84 Å². The fourth-order valence-corrected chi connectivity index (χ4v) is 2.30. The zero-order valence-corrected chi connectivity index (χ0v) is 11.8. The number of aliphatic hydroxyl groups is 1. The molecule has 0 spiro atoms. The molecule has 100 valence electrons. The molecule has 0 aliphatic rings. The van der Waals surface area contributed by atoms with Gasteiger partial charge in [-0.15, -0.1) is 0 Å². The Morgan fingerprint density at radius 3 is 2.32 bits per heavy atom. The van der Waals surface area contributed by atoms with Crippen LogP contribution >= 0.6 is 23.2 Å². The Morgan fingerprint density at radius 1 is 0.947 bits per heavy atom. The molecule has 2 rings (SSSR count). The van der Waals surface area contributed by atoms with Crippen molar-refractivity contribution in [2.24, 2.45) is 0 Å². The second-order valence-electron chi connectivity index (χ2n) is 4.07. The van der Waals surface area contributed by atoms with Gasteiger partial charge in [-0.2, -0.15) is 0 Å². The number of rotatable bonds is 5. The van der Waals surface area contributed by atoms with Gasteiger partial charge in [-0.25, -0.2) is 0 Å². The van der Waals surface area contributed by atoms with E-state index in [0.717, 1.165) is 16.9 Å². The lowest BCUT2D eigenvalue weighted by molar-refractivity contribution is 0.284. The molecule has 0 radical (unpaired) electrons. The van der Waals surface area contributed by atoms with Gasteiger partial charge in [-0.1, -0.05) is 47.5 Å². The molecule has 2 aromatic rings. The van der Waals surface area contributed by atoms with Crippen molar-refractivity contribution in [2.45, 2.75) is 13.0 Å². The molecule has 2 nitrogen and oxygen atoms in total. The molecule has 0 heterocycles. The Hall–Kier alpha value is -1.22. The molecule has 2 aromatic carbocycles. The van der Waals surface area contributed by atoms with Crippen LogP contribution in [0, 0.1) is 0 Å². The second kappa shape index (κ2) is 6.80. The molecule has 0 saturated carbocycles. The third-order valence-electron chi connectivity index (χ3n) is 2.79. The first-order valence-electron chi connectivity index (χ1n) is 5.97. The Balaban J connectivity index is 2.15. The molecule has 0 aliphatic carbocycles. The van der Waals surface area contributed by atoms with Crippen LogP contribution in [0.15, 0.2) is 42.5 Å². The molecule has 0 amide bonds. The maximum Gasteiger partial charge on any atom is 0.123 e. The molecular weight excluding hydrogens is 283 g/mol. The number of halogens is 2. The summed E-state index contributed by atoms with van der Waals surface area (Å²) >= 11 is 12.2. The average Bonchev–Trinajstić information content (AvgIpc) is 2.40. The molecule has 0 atom stereocenters. The lowest BCUT2D eigenvalue weighted by Gasteiger charge is -2.12. The van der Waals surface area contributed by atoms with Crippen LogP contribution in [-0.2, 0) is 13.0 Å². The summed E-state index contributed by atoms with van der Waals surface area (Å²) in [5, 5.41) is 10.2. The third-order valence-corrected chi connectivity index (χ3v) is 3.50. The molecule has 4 heteroatoms. The van der Waals surface area contributed by atoms with E-state index >= 15 is 0 Å². The zero-order valence-electron chi connectivity index (χ0n) is 10.3. The van der Waals surface area contributed by atoms with Gasteiger partial charge in [0.05, 0.1) is 0 Å². The highest BCUT2D eigenvalue weighted by Gasteiger charge is 2.08.